The zero-order chi connectivity index (χ0) is 14.4. The van der Waals surface area contributed by atoms with Crippen molar-refractivity contribution in [1.29, 1.82) is 0 Å². The molecule has 2 aliphatic heterocycles. The van der Waals surface area contributed by atoms with E-state index in [4.69, 9.17) is 4.74 Å². The maximum absolute atomic E-state index is 12.7. The van der Waals surface area contributed by atoms with Crippen LogP contribution in [0.4, 0.5) is 0 Å². The summed E-state index contributed by atoms with van der Waals surface area (Å²) in [5.41, 5.74) is 4.06. The standard InChI is InChI=1S/C17H16N2O2/c1-21-15-6-2-4-11-7-9-19-14(16(11)15)10-13-12(17(19)20)5-3-8-18-13/h2-6,8,14H,7,9-10H2,1H3. The zero-order valence-electron chi connectivity index (χ0n) is 11.9. The van der Waals surface area contributed by atoms with Crippen LogP contribution in [-0.4, -0.2) is 29.4 Å². The Morgan fingerprint density at radius 1 is 1.29 bits per heavy atom. The molecule has 4 heteroatoms. The first-order valence-electron chi connectivity index (χ1n) is 7.20. The topological polar surface area (TPSA) is 42.4 Å². The fourth-order valence-corrected chi connectivity index (χ4v) is 3.50. The molecule has 0 saturated carbocycles. The molecule has 0 spiro atoms. The van der Waals surface area contributed by atoms with Gasteiger partial charge in [0.05, 0.1) is 24.4 Å². The highest BCUT2D eigenvalue weighted by Crippen LogP contribution is 2.41. The van der Waals surface area contributed by atoms with Gasteiger partial charge in [0.15, 0.2) is 0 Å². The van der Waals surface area contributed by atoms with E-state index in [1.54, 1.807) is 13.3 Å². The van der Waals surface area contributed by atoms with Crippen molar-refractivity contribution >= 4 is 5.91 Å². The number of pyridine rings is 1. The first-order valence-corrected chi connectivity index (χ1v) is 7.20. The minimum Gasteiger partial charge on any atom is -0.496 e. The van der Waals surface area contributed by atoms with E-state index < -0.39 is 0 Å². The highest BCUT2D eigenvalue weighted by Gasteiger charge is 2.38. The molecule has 1 amide bonds. The first-order chi connectivity index (χ1) is 10.3. The van der Waals surface area contributed by atoms with Crippen molar-refractivity contribution in [3.63, 3.8) is 0 Å². The normalized spacial score (nSPS) is 19.6. The molecule has 0 aliphatic carbocycles. The third-order valence-corrected chi connectivity index (χ3v) is 4.48. The second-order valence-electron chi connectivity index (χ2n) is 5.50. The molecule has 2 aliphatic rings. The van der Waals surface area contributed by atoms with Crippen molar-refractivity contribution in [1.82, 2.24) is 9.88 Å². The number of carbonyl (C=O) groups excluding carboxylic acids is 1. The SMILES string of the molecule is COc1cccc2c1C1Cc3ncccc3C(=O)N1CC2. The second-order valence-corrected chi connectivity index (χ2v) is 5.50. The molecule has 1 aromatic heterocycles. The number of carbonyl (C=O) groups is 1. The van der Waals surface area contributed by atoms with Gasteiger partial charge in [-0.1, -0.05) is 12.1 Å². The quantitative estimate of drug-likeness (QED) is 0.805. The molecule has 4 nitrogen and oxygen atoms in total. The summed E-state index contributed by atoms with van der Waals surface area (Å²) in [6.07, 6.45) is 3.40. The summed E-state index contributed by atoms with van der Waals surface area (Å²) < 4.78 is 5.53. The average molecular weight is 280 g/mol. The Labute approximate surface area is 123 Å². The summed E-state index contributed by atoms with van der Waals surface area (Å²) in [6.45, 7) is 0.762. The predicted molar refractivity (Wildman–Crippen MR) is 78.4 cm³/mol. The van der Waals surface area contributed by atoms with Crippen LogP contribution in [0.2, 0.25) is 0 Å². The fraction of sp³-hybridized carbons (Fsp3) is 0.294. The lowest BCUT2D eigenvalue weighted by Gasteiger charge is -2.41. The lowest BCUT2D eigenvalue weighted by Crippen LogP contribution is -2.44. The third-order valence-electron chi connectivity index (χ3n) is 4.48. The predicted octanol–water partition coefficient (Wildman–Crippen LogP) is 2.39. The van der Waals surface area contributed by atoms with Gasteiger partial charge in [0.25, 0.3) is 5.91 Å². The van der Waals surface area contributed by atoms with Gasteiger partial charge >= 0.3 is 0 Å². The van der Waals surface area contributed by atoms with Crippen LogP contribution >= 0.6 is 0 Å². The Balaban J connectivity index is 1.87. The zero-order valence-corrected chi connectivity index (χ0v) is 11.9. The van der Waals surface area contributed by atoms with E-state index in [9.17, 15) is 4.79 Å². The highest BCUT2D eigenvalue weighted by atomic mass is 16.5. The largest absolute Gasteiger partial charge is 0.496 e. The van der Waals surface area contributed by atoms with Crippen LogP contribution in [0.5, 0.6) is 5.75 Å². The van der Waals surface area contributed by atoms with Crippen LogP contribution < -0.4 is 4.74 Å². The molecule has 0 fully saturated rings. The van der Waals surface area contributed by atoms with Crippen LogP contribution in [0.3, 0.4) is 0 Å². The lowest BCUT2D eigenvalue weighted by molar-refractivity contribution is 0.0625. The number of aromatic nitrogens is 1. The van der Waals surface area contributed by atoms with Crippen LogP contribution in [-0.2, 0) is 12.8 Å². The Kier molecular flexibility index (Phi) is 2.70. The second kappa shape index (κ2) is 4.58. The van der Waals surface area contributed by atoms with Gasteiger partial charge in [-0.05, 0) is 30.2 Å². The molecule has 0 radical (unpaired) electrons. The molecule has 1 aromatic carbocycles. The molecule has 1 atom stereocenters. The van der Waals surface area contributed by atoms with Gasteiger partial charge in [0.2, 0.25) is 0 Å². The van der Waals surface area contributed by atoms with E-state index >= 15 is 0 Å². The lowest BCUT2D eigenvalue weighted by atomic mass is 9.85. The molecule has 0 saturated heterocycles. The van der Waals surface area contributed by atoms with Crippen molar-refractivity contribution < 1.29 is 9.53 Å². The number of methoxy groups -OCH3 is 1. The van der Waals surface area contributed by atoms with E-state index in [0.29, 0.717) is 0 Å². The van der Waals surface area contributed by atoms with E-state index in [2.05, 4.69) is 11.1 Å². The number of hydrogen-bond donors (Lipinski definition) is 0. The molecular formula is C17H16N2O2. The first kappa shape index (κ1) is 12.4. The summed E-state index contributed by atoms with van der Waals surface area (Å²) in [5.74, 6) is 0.959. The molecule has 0 bridgehead atoms. The Morgan fingerprint density at radius 2 is 2.19 bits per heavy atom. The number of rotatable bonds is 1. The number of nitrogens with zero attached hydrogens (tertiary/aromatic N) is 2. The van der Waals surface area contributed by atoms with Gasteiger partial charge < -0.3 is 9.64 Å². The average Bonchev–Trinajstić information content (AvgIpc) is 2.54. The Bertz CT molecular complexity index is 712. The van der Waals surface area contributed by atoms with E-state index in [0.717, 1.165) is 42.0 Å². The maximum atomic E-state index is 12.7. The molecule has 106 valence electrons. The third kappa shape index (κ3) is 1.75. The number of benzene rings is 1. The smallest absolute Gasteiger partial charge is 0.256 e. The summed E-state index contributed by atoms with van der Waals surface area (Å²) in [7, 11) is 1.69. The van der Waals surface area contributed by atoms with Crippen molar-refractivity contribution in [2.24, 2.45) is 0 Å². The summed E-state index contributed by atoms with van der Waals surface area (Å²) >= 11 is 0. The molecule has 21 heavy (non-hydrogen) atoms. The molecule has 0 N–H and O–H groups in total. The molecule has 4 rings (SSSR count). The minimum atomic E-state index is 0.0415. The van der Waals surface area contributed by atoms with Crippen molar-refractivity contribution in [2.75, 3.05) is 13.7 Å². The molecule has 3 heterocycles. The van der Waals surface area contributed by atoms with Crippen LogP contribution in [0.15, 0.2) is 36.5 Å². The van der Waals surface area contributed by atoms with Crippen LogP contribution in [0.1, 0.15) is 33.2 Å². The number of fused-ring (bicyclic) bond motifs is 4. The van der Waals surface area contributed by atoms with Gasteiger partial charge in [-0.25, -0.2) is 0 Å². The number of amides is 1. The Hall–Kier alpha value is -2.36. The van der Waals surface area contributed by atoms with Crippen LogP contribution in [0, 0.1) is 0 Å². The maximum Gasteiger partial charge on any atom is 0.256 e. The fourth-order valence-electron chi connectivity index (χ4n) is 3.50. The summed E-state index contributed by atoms with van der Waals surface area (Å²) in [5, 5.41) is 0. The van der Waals surface area contributed by atoms with Gasteiger partial charge in [-0.3, -0.25) is 9.78 Å². The van der Waals surface area contributed by atoms with Gasteiger partial charge in [0, 0.05) is 24.7 Å². The number of ether oxygens (including phenoxy) is 1. The van der Waals surface area contributed by atoms with E-state index in [1.807, 2.05) is 29.2 Å². The highest BCUT2D eigenvalue weighted by molar-refractivity contribution is 5.97. The van der Waals surface area contributed by atoms with E-state index in [1.165, 1.54) is 5.56 Å². The minimum absolute atomic E-state index is 0.0415. The summed E-state index contributed by atoms with van der Waals surface area (Å²) in [4.78, 5) is 19.1. The van der Waals surface area contributed by atoms with Crippen molar-refractivity contribution in [3.8, 4) is 5.75 Å². The number of hydrogen-bond acceptors (Lipinski definition) is 3. The van der Waals surface area contributed by atoms with Crippen molar-refractivity contribution in [2.45, 2.75) is 18.9 Å². The van der Waals surface area contributed by atoms with Crippen LogP contribution in [0.25, 0.3) is 0 Å². The van der Waals surface area contributed by atoms with Gasteiger partial charge in [-0.15, -0.1) is 0 Å². The van der Waals surface area contributed by atoms with Gasteiger partial charge in [0.1, 0.15) is 5.75 Å². The molecular weight excluding hydrogens is 264 g/mol. The van der Waals surface area contributed by atoms with Crippen molar-refractivity contribution in [3.05, 3.63) is 58.9 Å². The molecule has 2 aromatic rings. The summed E-state index contributed by atoms with van der Waals surface area (Å²) in [6, 6.07) is 9.87. The molecule has 1 unspecified atom stereocenters. The monoisotopic (exact) mass is 280 g/mol. The van der Waals surface area contributed by atoms with E-state index in [-0.39, 0.29) is 11.9 Å². The Morgan fingerprint density at radius 3 is 3.05 bits per heavy atom. The van der Waals surface area contributed by atoms with Gasteiger partial charge in [-0.2, -0.15) is 0 Å².